The Bertz CT molecular complexity index is 853. The van der Waals surface area contributed by atoms with E-state index < -0.39 is 5.82 Å². The number of phenols is 1. The van der Waals surface area contributed by atoms with Crippen LogP contribution in [0.15, 0.2) is 48.5 Å². The summed E-state index contributed by atoms with van der Waals surface area (Å²) in [5, 5.41) is 9.35. The topological polar surface area (TPSA) is 43.8 Å². The lowest BCUT2D eigenvalue weighted by atomic mass is 9.73. The zero-order valence-electron chi connectivity index (χ0n) is 16.8. The molecule has 4 rings (SSSR count). The molecule has 1 spiro atoms. The van der Waals surface area contributed by atoms with Crippen molar-refractivity contribution in [3.63, 3.8) is 0 Å². The molecule has 5 heteroatoms. The quantitative estimate of drug-likeness (QED) is 0.850. The summed E-state index contributed by atoms with van der Waals surface area (Å²) in [5.74, 6) is -0.998. The van der Waals surface area contributed by atoms with Crippen molar-refractivity contribution in [2.45, 2.75) is 38.6 Å². The van der Waals surface area contributed by atoms with Gasteiger partial charge in [-0.25, -0.2) is 4.39 Å². The highest BCUT2D eigenvalue weighted by Gasteiger charge is 2.40. The molecule has 1 unspecified atom stereocenters. The Kier molecular flexibility index (Phi) is 5.86. The summed E-state index contributed by atoms with van der Waals surface area (Å²) in [7, 11) is 0. The van der Waals surface area contributed by atoms with Gasteiger partial charge in [-0.05, 0) is 55.5 Å². The zero-order valence-corrected chi connectivity index (χ0v) is 16.8. The Balaban J connectivity index is 1.40. The van der Waals surface area contributed by atoms with Crippen LogP contribution >= 0.6 is 0 Å². The Morgan fingerprint density at radius 3 is 2.52 bits per heavy atom. The van der Waals surface area contributed by atoms with Crippen LogP contribution in [0.4, 0.5) is 4.39 Å². The summed E-state index contributed by atoms with van der Waals surface area (Å²) in [4.78, 5) is 17.4. The molecule has 0 aliphatic carbocycles. The molecule has 2 aliphatic rings. The van der Waals surface area contributed by atoms with Gasteiger partial charge in [0.2, 0.25) is 5.91 Å². The summed E-state index contributed by atoms with van der Waals surface area (Å²) in [6.45, 7) is 4.66. The standard InChI is InChI=1S/C24H29FN2O2/c25-21-14-20(8-9-22(21)28)15-23(29)27-13-5-11-24(18-27)10-4-12-26(17-24)16-19-6-2-1-3-7-19/h1-3,6-9,14,28H,4-5,10-13,15-18H2. The summed E-state index contributed by atoms with van der Waals surface area (Å²) >= 11 is 0. The molecule has 2 aromatic rings. The molecule has 1 atom stereocenters. The van der Waals surface area contributed by atoms with Gasteiger partial charge in [0, 0.05) is 31.6 Å². The molecule has 154 valence electrons. The Hall–Kier alpha value is -2.40. The van der Waals surface area contributed by atoms with E-state index in [0.29, 0.717) is 5.56 Å². The minimum atomic E-state index is -0.672. The van der Waals surface area contributed by atoms with Crippen molar-refractivity contribution < 1.29 is 14.3 Å². The highest BCUT2D eigenvalue weighted by molar-refractivity contribution is 5.79. The van der Waals surface area contributed by atoms with Gasteiger partial charge >= 0.3 is 0 Å². The van der Waals surface area contributed by atoms with Gasteiger partial charge in [-0.1, -0.05) is 36.4 Å². The van der Waals surface area contributed by atoms with E-state index in [1.54, 1.807) is 6.07 Å². The fraction of sp³-hybridized carbons (Fsp3) is 0.458. The molecule has 0 aromatic heterocycles. The Morgan fingerprint density at radius 2 is 1.76 bits per heavy atom. The molecular weight excluding hydrogens is 367 g/mol. The van der Waals surface area contributed by atoms with Gasteiger partial charge in [-0.15, -0.1) is 0 Å². The minimum Gasteiger partial charge on any atom is -0.505 e. The Morgan fingerprint density at radius 1 is 1.00 bits per heavy atom. The zero-order chi connectivity index (χ0) is 20.3. The number of piperidine rings is 2. The van der Waals surface area contributed by atoms with Crippen molar-refractivity contribution in [2.75, 3.05) is 26.2 Å². The highest BCUT2D eigenvalue weighted by Crippen LogP contribution is 2.39. The first-order valence-corrected chi connectivity index (χ1v) is 10.5. The van der Waals surface area contributed by atoms with Crippen LogP contribution in [0, 0.1) is 11.2 Å². The predicted molar refractivity (Wildman–Crippen MR) is 111 cm³/mol. The maximum absolute atomic E-state index is 13.6. The average molecular weight is 397 g/mol. The first-order chi connectivity index (χ1) is 14.0. The number of benzene rings is 2. The minimum absolute atomic E-state index is 0.0503. The second-order valence-corrected chi connectivity index (χ2v) is 8.68. The van der Waals surface area contributed by atoms with E-state index in [1.807, 2.05) is 11.0 Å². The summed E-state index contributed by atoms with van der Waals surface area (Å²) in [5.41, 5.74) is 2.11. The number of carbonyl (C=O) groups excluding carboxylic acids is 1. The predicted octanol–water partition coefficient (Wildman–Crippen LogP) is 3.98. The largest absolute Gasteiger partial charge is 0.505 e. The molecule has 2 fully saturated rings. The number of aromatic hydroxyl groups is 1. The third-order valence-corrected chi connectivity index (χ3v) is 6.37. The molecule has 1 N–H and O–H groups in total. The molecule has 0 bridgehead atoms. The van der Waals surface area contributed by atoms with Crippen LogP contribution in [0.2, 0.25) is 0 Å². The van der Waals surface area contributed by atoms with Crippen molar-refractivity contribution in [3.8, 4) is 5.75 Å². The molecule has 2 aromatic carbocycles. The van der Waals surface area contributed by atoms with E-state index in [2.05, 4.69) is 29.2 Å². The van der Waals surface area contributed by atoms with Gasteiger partial charge in [-0.3, -0.25) is 9.69 Å². The number of hydrogen-bond donors (Lipinski definition) is 1. The lowest BCUT2D eigenvalue weighted by molar-refractivity contribution is -0.135. The summed E-state index contributed by atoms with van der Waals surface area (Å²) < 4.78 is 13.6. The summed E-state index contributed by atoms with van der Waals surface area (Å²) in [6.07, 6.45) is 4.69. The molecule has 2 heterocycles. The van der Waals surface area contributed by atoms with Crippen molar-refractivity contribution in [3.05, 3.63) is 65.5 Å². The van der Waals surface area contributed by atoms with E-state index in [1.165, 1.54) is 17.7 Å². The third-order valence-electron chi connectivity index (χ3n) is 6.37. The highest BCUT2D eigenvalue weighted by atomic mass is 19.1. The lowest BCUT2D eigenvalue weighted by Crippen LogP contribution is -2.53. The molecule has 0 radical (unpaired) electrons. The molecule has 29 heavy (non-hydrogen) atoms. The van der Waals surface area contributed by atoms with Crippen LogP contribution in [-0.2, 0) is 17.8 Å². The molecular formula is C24H29FN2O2. The smallest absolute Gasteiger partial charge is 0.227 e. The van der Waals surface area contributed by atoms with Gasteiger partial charge in [0.05, 0.1) is 6.42 Å². The van der Waals surface area contributed by atoms with E-state index >= 15 is 0 Å². The molecule has 2 saturated heterocycles. The number of nitrogens with zero attached hydrogens (tertiary/aromatic N) is 2. The van der Waals surface area contributed by atoms with Crippen molar-refractivity contribution in [1.82, 2.24) is 9.80 Å². The van der Waals surface area contributed by atoms with Crippen LogP contribution < -0.4 is 0 Å². The fourth-order valence-electron chi connectivity index (χ4n) is 4.99. The van der Waals surface area contributed by atoms with E-state index in [0.717, 1.165) is 58.4 Å². The molecule has 1 amide bonds. The third kappa shape index (κ3) is 4.78. The van der Waals surface area contributed by atoms with Crippen LogP contribution in [0.25, 0.3) is 0 Å². The van der Waals surface area contributed by atoms with Crippen LogP contribution in [0.3, 0.4) is 0 Å². The number of carbonyl (C=O) groups is 1. The molecule has 4 nitrogen and oxygen atoms in total. The number of hydrogen-bond acceptors (Lipinski definition) is 3. The van der Waals surface area contributed by atoms with Gasteiger partial charge in [0.25, 0.3) is 0 Å². The molecule has 0 saturated carbocycles. The lowest BCUT2D eigenvalue weighted by Gasteiger charge is -2.48. The average Bonchev–Trinajstić information content (AvgIpc) is 2.72. The van der Waals surface area contributed by atoms with Gasteiger partial charge in [-0.2, -0.15) is 0 Å². The monoisotopic (exact) mass is 396 g/mol. The van der Waals surface area contributed by atoms with E-state index in [-0.39, 0.29) is 23.5 Å². The van der Waals surface area contributed by atoms with Crippen molar-refractivity contribution in [2.24, 2.45) is 5.41 Å². The van der Waals surface area contributed by atoms with Crippen LogP contribution in [-0.4, -0.2) is 47.0 Å². The number of halogens is 1. The SMILES string of the molecule is O=C(Cc1ccc(O)c(F)c1)N1CCCC2(CCCN(Cc3ccccc3)C2)C1. The fourth-order valence-corrected chi connectivity index (χ4v) is 4.99. The van der Waals surface area contributed by atoms with Crippen molar-refractivity contribution >= 4 is 5.91 Å². The number of phenolic OH excluding ortho intramolecular Hbond substituents is 1. The van der Waals surface area contributed by atoms with E-state index in [9.17, 15) is 14.3 Å². The molecule has 2 aliphatic heterocycles. The Labute approximate surface area is 171 Å². The number of rotatable bonds is 4. The van der Waals surface area contributed by atoms with Crippen molar-refractivity contribution in [1.29, 1.82) is 0 Å². The number of amides is 1. The van der Waals surface area contributed by atoms with Gasteiger partial charge in [0.1, 0.15) is 0 Å². The normalized spacial score (nSPS) is 22.7. The van der Waals surface area contributed by atoms with Gasteiger partial charge in [0.15, 0.2) is 11.6 Å². The maximum Gasteiger partial charge on any atom is 0.227 e. The number of likely N-dealkylation sites (tertiary alicyclic amines) is 2. The van der Waals surface area contributed by atoms with Crippen LogP contribution in [0.5, 0.6) is 5.75 Å². The van der Waals surface area contributed by atoms with Crippen LogP contribution in [0.1, 0.15) is 36.8 Å². The van der Waals surface area contributed by atoms with E-state index in [4.69, 9.17) is 0 Å². The summed E-state index contributed by atoms with van der Waals surface area (Å²) in [6, 6.07) is 14.8. The maximum atomic E-state index is 13.6. The second-order valence-electron chi connectivity index (χ2n) is 8.68. The first-order valence-electron chi connectivity index (χ1n) is 10.5. The second kappa shape index (κ2) is 8.54. The van der Waals surface area contributed by atoms with Gasteiger partial charge < -0.3 is 10.0 Å². The first kappa shape index (κ1) is 19.9.